The normalized spacial score (nSPS) is 25.2. The van der Waals surface area contributed by atoms with E-state index in [4.69, 9.17) is 5.73 Å². The van der Waals surface area contributed by atoms with Gasteiger partial charge < -0.3 is 11.1 Å². The predicted molar refractivity (Wildman–Crippen MR) is 147 cm³/mol. The fourth-order valence-electron chi connectivity index (χ4n) is 6.69. The van der Waals surface area contributed by atoms with Crippen LogP contribution in [-0.2, 0) is 18.3 Å². The topological polar surface area (TPSA) is 38.0 Å². The number of hydrogen-bond donors (Lipinski definition) is 2. The molecule has 0 radical (unpaired) electrons. The van der Waals surface area contributed by atoms with Crippen LogP contribution >= 0.6 is 24.8 Å². The number of nitrogens with one attached hydrogen (secondary N) is 1. The highest BCUT2D eigenvalue weighted by atomic mass is 35.5. The lowest BCUT2D eigenvalue weighted by atomic mass is 9.53. The van der Waals surface area contributed by atoms with E-state index in [1.807, 2.05) is 0 Å². The van der Waals surface area contributed by atoms with Crippen molar-refractivity contribution < 1.29 is 4.39 Å². The lowest BCUT2D eigenvalue weighted by Gasteiger charge is -2.52. The SMILES string of the molecule is CCCc1ccc2c(c1)CCC1C(C(C)NCCC(N)c3ccc(F)cc3)CCCC21C.Cl.Cl. The van der Waals surface area contributed by atoms with Crippen molar-refractivity contribution in [2.45, 2.75) is 89.6 Å². The van der Waals surface area contributed by atoms with Gasteiger partial charge in [0.15, 0.2) is 0 Å². The zero-order valence-corrected chi connectivity index (χ0v) is 22.6. The Balaban J connectivity index is 0.00000204. The van der Waals surface area contributed by atoms with Gasteiger partial charge in [-0.15, -0.1) is 24.8 Å². The van der Waals surface area contributed by atoms with E-state index in [-0.39, 0.29) is 36.7 Å². The first-order valence-corrected chi connectivity index (χ1v) is 12.8. The van der Waals surface area contributed by atoms with Gasteiger partial charge in [-0.25, -0.2) is 4.39 Å². The molecule has 0 heterocycles. The lowest BCUT2D eigenvalue weighted by Crippen LogP contribution is -2.50. The Labute approximate surface area is 218 Å². The Kier molecular flexibility index (Phi) is 10.9. The van der Waals surface area contributed by atoms with Gasteiger partial charge in [0, 0.05) is 12.1 Å². The summed E-state index contributed by atoms with van der Waals surface area (Å²) in [6, 6.07) is 14.4. The van der Waals surface area contributed by atoms with E-state index in [0.717, 1.165) is 24.4 Å². The summed E-state index contributed by atoms with van der Waals surface area (Å²) in [5, 5.41) is 3.81. The Morgan fingerprint density at radius 2 is 1.85 bits per heavy atom. The Bertz CT molecular complexity index is 904. The molecule has 5 atom stereocenters. The molecule has 0 amide bonds. The number of nitrogens with two attached hydrogens (primary N) is 1. The van der Waals surface area contributed by atoms with Gasteiger partial charge in [-0.2, -0.15) is 0 Å². The van der Waals surface area contributed by atoms with Crippen molar-refractivity contribution in [2.24, 2.45) is 17.6 Å². The highest BCUT2D eigenvalue weighted by Gasteiger charge is 2.47. The minimum atomic E-state index is -0.205. The van der Waals surface area contributed by atoms with Crippen LogP contribution in [0.25, 0.3) is 0 Å². The van der Waals surface area contributed by atoms with Gasteiger partial charge in [0.1, 0.15) is 5.82 Å². The van der Waals surface area contributed by atoms with Gasteiger partial charge in [-0.1, -0.05) is 57.0 Å². The summed E-state index contributed by atoms with van der Waals surface area (Å²) in [5.41, 5.74) is 12.4. The molecule has 3 N–H and O–H groups in total. The molecule has 4 rings (SSSR count). The molecule has 0 aliphatic heterocycles. The molecule has 1 fully saturated rings. The zero-order chi connectivity index (χ0) is 22.7. The van der Waals surface area contributed by atoms with Crippen LogP contribution in [0, 0.1) is 17.7 Å². The van der Waals surface area contributed by atoms with Crippen LogP contribution < -0.4 is 11.1 Å². The van der Waals surface area contributed by atoms with E-state index in [1.54, 1.807) is 23.3 Å². The van der Waals surface area contributed by atoms with Crippen molar-refractivity contribution in [1.29, 1.82) is 0 Å². The van der Waals surface area contributed by atoms with E-state index in [2.05, 4.69) is 44.3 Å². The van der Waals surface area contributed by atoms with Crippen molar-refractivity contribution in [1.82, 2.24) is 5.32 Å². The van der Waals surface area contributed by atoms with Crippen LogP contribution in [0.5, 0.6) is 0 Å². The van der Waals surface area contributed by atoms with Crippen molar-refractivity contribution >= 4 is 24.8 Å². The van der Waals surface area contributed by atoms with Crippen LogP contribution in [0.3, 0.4) is 0 Å². The Morgan fingerprint density at radius 3 is 2.56 bits per heavy atom. The molecule has 0 aromatic heterocycles. The van der Waals surface area contributed by atoms with Crippen molar-refractivity contribution in [2.75, 3.05) is 6.54 Å². The van der Waals surface area contributed by atoms with E-state index in [0.29, 0.717) is 17.4 Å². The smallest absolute Gasteiger partial charge is 0.123 e. The first kappa shape index (κ1) is 29.1. The molecule has 34 heavy (non-hydrogen) atoms. The fraction of sp³-hybridized carbons (Fsp3) is 0.586. The molecular formula is C29H43Cl2FN2. The highest BCUT2D eigenvalue weighted by Crippen LogP contribution is 2.53. The summed E-state index contributed by atoms with van der Waals surface area (Å²) in [5.74, 6) is 1.25. The lowest BCUT2D eigenvalue weighted by molar-refractivity contribution is 0.0828. The van der Waals surface area contributed by atoms with Crippen LogP contribution in [0.2, 0.25) is 0 Å². The molecule has 1 saturated carbocycles. The number of hydrogen-bond acceptors (Lipinski definition) is 2. The first-order chi connectivity index (χ1) is 15.4. The molecule has 0 bridgehead atoms. The molecule has 190 valence electrons. The molecular weight excluding hydrogens is 466 g/mol. The van der Waals surface area contributed by atoms with Crippen LogP contribution in [-0.4, -0.2) is 12.6 Å². The van der Waals surface area contributed by atoms with Gasteiger partial charge in [-0.3, -0.25) is 0 Å². The minimum absolute atomic E-state index is 0. The molecule has 2 aliphatic rings. The zero-order valence-electron chi connectivity index (χ0n) is 21.0. The third kappa shape index (κ3) is 6.16. The van der Waals surface area contributed by atoms with Crippen molar-refractivity contribution in [3.63, 3.8) is 0 Å². The maximum Gasteiger partial charge on any atom is 0.123 e. The highest BCUT2D eigenvalue weighted by molar-refractivity contribution is 5.85. The third-order valence-corrected chi connectivity index (χ3v) is 8.48. The molecule has 5 unspecified atom stereocenters. The van der Waals surface area contributed by atoms with E-state index >= 15 is 0 Å². The van der Waals surface area contributed by atoms with E-state index in [1.165, 1.54) is 62.6 Å². The quantitative estimate of drug-likeness (QED) is 0.392. The number of benzene rings is 2. The average molecular weight is 510 g/mol. The summed E-state index contributed by atoms with van der Waals surface area (Å²) in [6.45, 7) is 8.08. The summed E-state index contributed by atoms with van der Waals surface area (Å²) in [7, 11) is 0. The third-order valence-electron chi connectivity index (χ3n) is 8.48. The summed E-state index contributed by atoms with van der Waals surface area (Å²) in [6.07, 6.45) is 9.77. The van der Waals surface area contributed by atoms with Gasteiger partial charge in [0.05, 0.1) is 0 Å². The monoisotopic (exact) mass is 508 g/mol. The number of fused-ring (bicyclic) bond motifs is 3. The standard InChI is InChI=1S/C29H41FN2.2ClH/c1-4-6-21-8-14-26-23(19-21)11-15-27-25(7-5-17-29(26,27)3)20(2)32-18-16-28(31)22-9-12-24(30)13-10-22;;/h8-10,12-14,19-20,25,27-28,32H,4-7,11,15-18,31H2,1-3H3;2*1H. The summed E-state index contributed by atoms with van der Waals surface area (Å²) < 4.78 is 13.2. The number of halogens is 3. The maximum absolute atomic E-state index is 13.2. The summed E-state index contributed by atoms with van der Waals surface area (Å²) in [4.78, 5) is 0. The molecule has 0 spiro atoms. The van der Waals surface area contributed by atoms with Crippen LogP contribution in [0.1, 0.15) is 87.6 Å². The molecule has 2 aromatic carbocycles. The maximum atomic E-state index is 13.2. The Morgan fingerprint density at radius 1 is 1.12 bits per heavy atom. The van der Waals surface area contributed by atoms with Crippen LogP contribution in [0.15, 0.2) is 42.5 Å². The minimum Gasteiger partial charge on any atom is -0.324 e. The Hall–Kier alpha value is -1.13. The molecule has 2 nitrogen and oxygen atoms in total. The largest absolute Gasteiger partial charge is 0.324 e. The van der Waals surface area contributed by atoms with Crippen molar-refractivity contribution in [3.8, 4) is 0 Å². The fourth-order valence-corrected chi connectivity index (χ4v) is 6.69. The second kappa shape index (κ2) is 12.7. The summed E-state index contributed by atoms with van der Waals surface area (Å²) >= 11 is 0. The van der Waals surface area contributed by atoms with Crippen LogP contribution in [0.4, 0.5) is 4.39 Å². The van der Waals surface area contributed by atoms with Gasteiger partial charge in [0.25, 0.3) is 0 Å². The number of rotatable bonds is 8. The second-order valence-corrected chi connectivity index (χ2v) is 10.5. The molecule has 0 saturated heterocycles. The molecule has 2 aromatic rings. The van der Waals surface area contributed by atoms with Gasteiger partial charge in [0.2, 0.25) is 0 Å². The number of aryl methyl sites for hydroxylation is 2. The molecule has 5 heteroatoms. The predicted octanol–water partition coefficient (Wildman–Crippen LogP) is 7.31. The van der Waals surface area contributed by atoms with Gasteiger partial charge in [-0.05, 0) is 104 Å². The average Bonchev–Trinajstić information content (AvgIpc) is 2.78. The molecule has 2 aliphatic carbocycles. The van der Waals surface area contributed by atoms with Crippen molar-refractivity contribution in [3.05, 3.63) is 70.5 Å². The van der Waals surface area contributed by atoms with E-state index < -0.39 is 0 Å². The first-order valence-electron chi connectivity index (χ1n) is 12.8. The van der Waals surface area contributed by atoms with Gasteiger partial charge >= 0.3 is 0 Å². The second-order valence-electron chi connectivity index (χ2n) is 10.5. The van der Waals surface area contributed by atoms with E-state index in [9.17, 15) is 4.39 Å².